The second-order valence-corrected chi connectivity index (χ2v) is 4.69. The first-order valence-corrected chi connectivity index (χ1v) is 5.96. The van der Waals surface area contributed by atoms with Crippen LogP contribution < -0.4 is 0 Å². The fourth-order valence-corrected chi connectivity index (χ4v) is 2.13. The summed E-state index contributed by atoms with van der Waals surface area (Å²) in [7, 11) is 0. The molecule has 0 fully saturated rings. The fourth-order valence-electron chi connectivity index (χ4n) is 2.13. The first-order chi connectivity index (χ1) is 8.54. The van der Waals surface area contributed by atoms with E-state index < -0.39 is 0 Å². The number of benzene rings is 1. The maximum absolute atomic E-state index is 5.59. The van der Waals surface area contributed by atoms with Crippen LogP contribution in [0, 0.1) is 27.7 Å². The molecule has 0 atom stereocenters. The molecular weight excluding hydrogens is 226 g/mol. The molecular formula is C14H15N3O. The molecule has 2 aromatic heterocycles. The SMILES string of the molecule is Cc1nc(C)c(-c2nc3cc(C)c(C)cc3[nH]2)o1. The van der Waals surface area contributed by atoms with E-state index in [-0.39, 0.29) is 0 Å². The Hall–Kier alpha value is -2.10. The highest BCUT2D eigenvalue weighted by molar-refractivity contribution is 5.80. The molecule has 18 heavy (non-hydrogen) atoms. The first-order valence-electron chi connectivity index (χ1n) is 5.96. The molecule has 3 rings (SSSR count). The van der Waals surface area contributed by atoms with Gasteiger partial charge < -0.3 is 9.40 Å². The number of oxazole rings is 1. The van der Waals surface area contributed by atoms with E-state index in [1.165, 1.54) is 11.1 Å². The minimum atomic E-state index is 0.662. The van der Waals surface area contributed by atoms with Gasteiger partial charge in [0, 0.05) is 6.92 Å². The Labute approximate surface area is 105 Å². The van der Waals surface area contributed by atoms with Crippen molar-refractivity contribution in [2.75, 3.05) is 0 Å². The van der Waals surface area contributed by atoms with E-state index in [9.17, 15) is 0 Å². The summed E-state index contributed by atoms with van der Waals surface area (Å²) in [6.45, 7) is 7.95. The zero-order chi connectivity index (χ0) is 12.9. The third-order valence-electron chi connectivity index (χ3n) is 3.22. The van der Waals surface area contributed by atoms with Crippen LogP contribution >= 0.6 is 0 Å². The number of H-pyrrole nitrogens is 1. The van der Waals surface area contributed by atoms with Gasteiger partial charge in [-0.2, -0.15) is 0 Å². The van der Waals surface area contributed by atoms with Gasteiger partial charge >= 0.3 is 0 Å². The Kier molecular flexibility index (Phi) is 2.26. The van der Waals surface area contributed by atoms with Gasteiger partial charge in [0.1, 0.15) is 0 Å². The molecule has 0 amide bonds. The van der Waals surface area contributed by atoms with Gasteiger partial charge in [-0.3, -0.25) is 0 Å². The Balaban J connectivity index is 2.22. The van der Waals surface area contributed by atoms with Crippen molar-refractivity contribution in [2.24, 2.45) is 0 Å². The molecule has 0 aliphatic rings. The zero-order valence-corrected chi connectivity index (χ0v) is 11.0. The number of aromatic nitrogens is 3. The average molecular weight is 241 g/mol. The van der Waals surface area contributed by atoms with E-state index in [4.69, 9.17) is 4.42 Å². The van der Waals surface area contributed by atoms with Gasteiger partial charge in [0.2, 0.25) is 0 Å². The van der Waals surface area contributed by atoms with Crippen LogP contribution in [-0.2, 0) is 0 Å². The van der Waals surface area contributed by atoms with E-state index in [0.29, 0.717) is 5.89 Å². The lowest BCUT2D eigenvalue weighted by atomic mass is 10.1. The van der Waals surface area contributed by atoms with Gasteiger partial charge in [-0.05, 0) is 44.0 Å². The van der Waals surface area contributed by atoms with Gasteiger partial charge in [-0.15, -0.1) is 0 Å². The topological polar surface area (TPSA) is 54.7 Å². The maximum atomic E-state index is 5.59. The molecule has 4 nitrogen and oxygen atoms in total. The summed E-state index contributed by atoms with van der Waals surface area (Å²) in [5.41, 5.74) is 5.34. The number of imidazole rings is 1. The fraction of sp³-hybridized carbons (Fsp3) is 0.286. The smallest absolute Gasteiger partial charge is 0.192 e. The average Bonchev–Trinajstić information content (AvgIpc) is 2.82. The van der Waals surface area contributed by atoms with Gasteiger partial charge in [0.15, 0.2) is 17.5 Å². The van der Waals surface area contributed by atoms with Crippen molar-refractivity contribution >= 4 is 11.0 Å². The van der Waals surface area contributed by atoms with Crippen molar-refractivity contribution in [1.82, 2.24) is 15.0 Å². The van der Waals surface area contributed by atoms with Crippen LogP contribution in [0.25, 0.3) is 22.6 Å². The summed E-state index contributed by atoms with van der Waals surface area (Å²) in [5, 5.41) is 0. The molecule has 0 aliphatic heterocycles. The van der Waals surface area contributed by atoms with Gasteiger partial charge in [0.05, 0.1) is 16.7 Å². The third-order valence-corrected chi connectivity index (χ3v) is 3.22. The number of fused-ring (bicyclic) bond motifs is 1. The normalized spacial score (nSPS) is 11.3. The summed E-state index contributed by atoms with van der Waals surface area (Å²) in [6, 6.07) is 4.20. The van der Waals surface area contributed by atoms with Crippen LogP contribution in [0.5, 0.6) is 0 Å². The van der Waals surface area contributed by atoms with E-state index in [2.05, 4.69) is 40.9 Å². The van der Waals surface area contributed by atoms with Gasteiger partial charge in [0.25, 0.3) is 0 Å². The molecule has 1 aromatic carbocycles. The lowest BCUT2D eigenvalue weighted by Crippen LogP contribution is -1.80. The second-order valence-electron chi connectivity index (χ2n) is 4.69. The molecule has 0 saturated carbocycles. The maximum Gasteiger partial charge on any atom is 0.192 e. The van der Waals surface area contributed by atoms with Crippen molar-refractivity contribution in [1.29, 1.82) is 0 Å². The molecule has 0 radical (unpaired) electrons. The Bertz CT molecular complexity index is 698. The lowest BCUT2D eigenvalue weighted by Gasteiger charge is -1.97. The number of aryl methyl sites for hydroxylation is 4. The van der Waals surface area contributed by atoms with E-state index in [1.807, 2.05) is 13.8 Å². The van der Waals surface area contributed by atoms with Crippen molar-refractivity contribution in [3.8, 4) is 11.6 Å². The number of hydrogen-bond donors (Lipinski definition) is 1. The molecule has 0 bridgehead atoms. The van der Waals surface area contributed by atoms with Crippen molar-refractivity contribution in [3.63, 3.8) is 0 Å². The zero-order valence-electron chi connectivity index (χ0n) is 11.0. The highest BCUT2D eigenvalue weighted by atomic mass is 16.4. The standard InChI is InChI=1S/C14H15N3O/c1-7-5-11-12(6-8(7)2)17-14(16-11)13-9(3)15-10(4)18-13/h5-6H,1-4H3,(H,16,17). The number of nitrogens with one attached hydrogen (secondary N) is 1. The van der Waals surface area contributed by atoms with E-state index in [0.717, 1.165) is 28.3 Å². The van der Waals surface area contributed by atoms with Crippen molar-refractivity contribution in [2.45, 2.75) is 27.7 Å². The molecule has 4 heteroatoms. The van der Waals surface area contributed by atoms with E-state index in [1.54, 1.807) is 0 Å². The summed E-state index contributed by atoms with van der Waals surface area (Å²) in [6.07, 6.45) is 0. The Morgan fingerprint density at radius 3 is 2.39 bits per heavy atom. The number of rotatable bonds is 1. The molecule has 0 saturated heterocycles. The largest absolute Gasteiger partial charge is 0.437 e. The monoisotopic (exact) mass is 241 g/mol. The molecule has 3 aromatic rings. The summed E-state index contributed by atoms with van der Waals surface area (Å²) in [4.78, 5) is 12.1. The Morgan fingerprint density at radius 2 is 1.72 bits per heavy atom. The number of hydrogen-bond acceptors (Lipinski definition) is 3. The summed E-state index contributed by atoms with van der Waals surface area (Å²) < 4.78 is 5.59. The minimum Gasteiger partial charge on any atom is -0.437 e. The second kappa shape index (κ2) is 3.70. The van der Waals surface area contributed by atoms with Gasteiger partial charge in [-0.1, -0.05) is 0 Å². The van der Waals surface area contributed by atoms with Gasteiger partial charge in [-0.25, -0.2) is 9.97 Å². The molecule has 0 aliphatic carbocycles. The number of aromatic amines is 1. The van der Waals surface area contributed by atoms with Crippen molar-refractivity contribution < 1.29 is 4.42 Å². The predicted octanol–water partition coefficient (Wildman–Crippen LogP) is 3.45. The van der Waals surface area contributed by atoms with Crippen LogP contribution in [-0.4, -0.2) is 15.0 Å². The van der Waals surface area contributed by atoms with Crippen LogP contribution in [0.1, 0.15) is 22.7 Å². The highest BCUT2D eigenvalue weighted by Gasteiger charge is 2.14. The molecule has 2 heterocycles. The third kappa shape index (κ3) is 1.61. The summed E-state index contributed by atoms with van der Waals surface area (Å²) in [5.74, 6) is 2.13. The molecule has 0 unspecified atom stereocenters. The molecule has 1 N–H and O–H groups in total. The predicted molar refractivity (Wildman–Crippen MR) is 70.5 cm³/mol. The number of nitrogens with zero attached hydrogens (tertiary/aromatic N) is 2. The quantitative estimate of drug-likeness (QED) is 0.710. The molecule has 92 valence electrons. The van der Waals surface area contributed by atoms with E-state index >= 15 is 0 Å². The molecule has 0 spiro atoms. The minimum absolute atomic E-state index is 0.662. The van der Waals surface area contributed by atoms with Crippen LogP contribution in [0.4, 0.5) is 0 Å². The Morgan fingerprint density at radius 1 is 1.00 bits per heavy atom. The van der Waals surface area contributed by atoms with Crippen LogP contribution in [0.3, 0.4) is 0 Å². The van der Waals surface area contributed by atoms with Crippen LogP contribution in [0.15, 0.2) is 16.5 Å². The summed E-state index contributed by atoms with van der Waals surface area (Å²) >= 11 is 0. The van der Waals surface area contributed by atoms with Crippen LogP contribution in [0.2, 0.25) is 0 Å². The van der Waals surface area contributed by atoms with Crippen molar-refractivity contribution in [3.05, 3.63) is 34.8 Å². The lowest BCUT2D eigenvalue weighted by molar-refractivity contribution is 0.531. The first kappa shape index (κ1) is 11.0. The highest BCUT2D eigenvalue weighted by Crippen LogP contribution is 2.25.